The Kier molecular flexibility index (Phi) is 5.70. The second-order valence-corrected chi connectivity index (χ2v) is 4.14. The Bertz CT molecular complexity index is 337. The quantitative estimate of drug-likeness (QED) is 0.709. The molecule has 0 aliphatic rings. The maximum absolute atomic E-state index is 11.8. The Morgan fingerprint density at radius 1 is 1.35 bits per heavy atom. The molecule has 0 fully saturated rings. The molecule has 1 aromatic carbocycles. The summed E-state index contributed by atoms with van der Waals surface area (Å²) in [6.45, 7) is 4.86. The molecule has 3 nitrogen and oxygen atoms in total. The average molecular weight is 235 g/mol. The van der Waals surface area contributed by atoms with Gasteiger partial charge in [-0.3, -0.25) is 4.79 Å². The molecule has 0 bridgehead atoms. The fourth-order valence-electron chi connectivity index (χ4n) is 1.58. The Balaban J connectivity index is 2.51. The van der Waals surface area contributed by atoms with Crippen LogP contribution in [0.2, 0.25) is 0 Å². The van der Waals surface area contributed by atoms with E-state index < -0.39 is 0 Å². The first-order valence-electron chi connectivity index (χ1n) is 6.05. The first kappa shape index (κ1) is 13.7. The van der Waals surface area contributed by atoms with Crippen molar-refractivity contribution in [2.45, 2.75) is 26.3 Å². The van der Waals surface area contributed by atoms with Crippen molar-refractivity contribution in [3.8, 4) is 0 Å². The number of hydrogen-bond acceptors (Lipinski definition) is 2. The van der Waals surface area contributed by atoms with Crippen LogP contribution in [-0.4, -0.2) is 31.1 Å². The van der Waals surface area contributed by atoms with Crippen LogP contribution < -0.4 is 0 Å². The number of ether oxygens (including phenoxy) is 1. The molecule has 1 unspecified atom stereocenters. The molecule has 1 amide bonds. The smallest absolute Gasteiger partial charge is 0.248 e. The summed E-state index contributed by atoms with van der Waals surface area (Å²) in [7, 11) is 1.81. The normalized spacial score (nSPS) is 12.2. The molecular weight excluding hydrogens is 214 g/mol. The molecule has 0 spiro atoms. The lowest BCUT2D eigenvalue weighted by atomic mass is 10.1. The van der Waals surface area contributed by atoms with Gasteiger partial charge in [-0.05, 0) is 18.9 Å². The first-order chi connectivity index (χ1) is 8.16. The lowest BCUT2D eigenvalue weighted by Gasteiger charge is -2.25. The van der Waals surface area contributed by atoms with Crippen molar-refractivity contribution >= 4 is 5.91 Å². The van der Waals surface area contributed by atoms with Gasteiger partial charge in [-0.25, -0.2) is 0 Å². The molecule has 3 heteroatoms. The highest BCUT2D eigenvalue weighted by molar-refractivity contribution is 5.77. The van der Waals surface area contributed by atoms with E-state index in [4.69, 9.17) is 4.74 Å². The first-order valence-corrected chi connectivity index (χ1v) is 6.05. The van der Waals surface area contributed by atoms with Crippen LogP contribution in [0.3, 0.4) is 0 Å². The fourth-order valence-corrected chi connectivity index (χ4v) is 1.58. The highest BCUT2D eigenvalue weighted by Gasteiger charge is 2.16. The Morgan fingerprint density at radius 2 is 2.00 bits per heavy atom. The number of hydrogen-bond donors (Lipinski definition) is 0. The van der Waals surface area contributed by atoms with E-state index in [0.29, 0.717) is 6.61 Å². The van der Waals surface area contributed by atoms with Gasteiger partial charge in [0, 0.05) is 13.7 Å². The molecule has 0 aromatic heterocycles. The zero-order chi connectivity index (χ0) is 12.7. The summed E-state index contributed by atoms with van der Waals surface area (Å²) in [5.74, 6) is 0.0230. The SMILES string of the molecule is CCCOCC(=O)N(C)C(C)c1ccccc1. The predicted octanol–water partition coefficient (Wildman–Crippen LogP) is 2.63. The van der Waals surface area contributed by atoms with Crippen LogP contribution in [0.1, 0.15) is 31.9 Å². The molecule has 1 atom stereocenters. The number of carbonyl (C=O) groups is 1. The monoisotopic (exact) mass is 235 g/mol. The number of amides is 1. The van der Waals surface area contributed by atoms with Crippen molar-refractivity contribution in [2.24, 2.45) is 0 Å². The molecule has 0 aliphatic heterocycles. The van der Waals surface area contributed by atoms with Gasteiger partial charge in [-0.2, -0.15) is 0 Å². The van der Waals surface area contributed by atoms with Gasteiger partial charge in [-0.1, -0.05) is 37.3 Å². The second kappa shape index (κ2) is 7.07. The molecule has 1 rings (SSSR count). The highest BCUT2D eigenvalue weighted by Crippen LogP contribution is 2.17. The predicted molar refractivity (Wildman–Crippen MR) is 68.7 cm³/mol. The lowest BCUT2D eigenvalue weighted by molar-refractivity contribution is -0.136. The number of rotatable bonds is 6. The van der Waals surface area contributed by atoms with Crippen molar-refractivity contribution in [1.29, 1.82) is 0 Å². The molecule has 0 heterocycles. The largest absolute Gasteiger partial charge is 0.372 e. The fraction of sp³-hybridized carbons (Fsp3) is 0.500. The third-order valence-corrected chi connectivity index (χ3v) is 2.83. The summed E-state index contributed by atoms with van der Waals surface area (Å²) in [5.41, 5.74) is 1.14. The van der Waals surface area contributed by atoms with Crippen LogP contribution in [0.5, 0.6) is 0 Å². The van der Waals surface area contributed by atoms with E-state index in [2.05, 4.69) is 0 Å². The van der Waals surface area contributed by atoms with E-state index >= 15 is 0 Å². The molecule has 0 saturated carbocycles. The van der Waals surface area contributed by atoms with E-state index in [1.165, 1.54) is 0 Å². The Hall–Kier alpha value is -1.35. The zero-order valence-corrected chi connectivity index (χ0v) is 10.8. The molecule has 0 N–H and O–H groups in total. The summed E-state index contributed by atoms with van der Waals surface area (Å²) < 4.78 is 5.26. The van der Waals surface area contributed by atoms with Crippen LogP contribution in [0.25, 0.3) is 0 Å². The molecule has 0 aliphatic carbocycles. The second-order valence-electron chi connectivity index (χ2n) is 4.14. The minimum Gasteiger partial charge on any atom is -0.372 e. The van der Waals surface area contributed by atoms with Crippen molar-refractivity contribution in [2.75, 3.05) is 20.3 Å². The number of benzene rings is 1. The number of likely N-dealkylation sites (N-methyl/N-ethyl adjacent to an activating group) is 1. The standard InChI is InChI=1S/C14H21NO2/c1-4-10-17-11-14(16)15(3)12(2)13-8-6-5-7-9-13/h5-9,12H,4,10-11H2,1-3H3. The van der Waals surface area contributed by atoms with E-state index in [1.54, 1.807) is 4.90 Å². The van der Waals surface area contributed by atoms with Gasteiger partial charge in [-0.15, -0.1) is 0 Å². The summed E-state index contributed by atoms with van der Waals surface area (Å²) >= 11 is 0. The lowest BCUT2D eigenvalue weighted by Crippen LogP contribution is -2.32. The van der Waals surface area contributed by atoms with Gasteiger partial charge in [0.15, 0.2) is 0 Å². The van der Waals surface area contributed by atoms with Crippen LogP contribution in [0.15, 0.2) is 30.3 Å². The van der Waals surface area contributed by atoms with Crippen molar-refractivity contribution in [3.05, 3.63) is 35.9 Å². The van der Waals surface area contributed by atoms with Gasteiger partial charge in [0.1, 0.15) is 6.61 Å². The molecular formula is C14H21NO2. The summed E-state index contributed by atoms with van der Waals surface area (Å²) in [4.78, 5) is 13.6. The van der Waals surface area contributed by atoms with Crippen LogP contribution in [0, 0.1) is 0 Å². The van der Waals surface area contributed by atoms with Gasteiger partial charge in [0.05, 0.1) is 6.04 Å². The van der Waals surface area contributed by atoms with Crippen molar-refractivity contribution in [1.82, 2.24) is 4.90 Å². The van der Waals surface area contributed by atoms with Gasteiger partial charge >= 0.3 is 0 Å². The molecule has 0 saturated heterocycles. The van der Waals surface area contributed by atoms with E-state index in [1.807, 2.05) is 51.2 Å². The summed E-state index contributed by atoms with van der Waals surface area (Å²) in [6, 6.07) is 10.1. The Morgan fingerprint density at radius 3 is 2.59 bits per heavy atom. The van der Waals surface area contributed by atoms with Gasteiger partial charge < -0.3 is 9.64 Å². The van der Waals surface area contributed by atoms with Gasteiger partial charge in [0.2, 0.25) is 5.91 Å². The molecule has 1 aromatic rings. The van der Waals surface area contributed by atoms with Crippen LogP contribution in [-0.2, 0) is 9.53 Å². The third kappa shape index (κ3) is 4.19. The molecule has 17 heavy (non-hydrogen) atoms. The summed E-state index contributed by atoms with van der Waals surface area (Å²) in [6.07, 6.45) is 0.936. The van der Waals surface area contributed by atoms with Crippen LogP contribution >= 0.6 is 0 Å². The van der Waals surface area contributed by atoms with Crippen LogP contribution in [0.4, 0.5) is 0 Å². The van der Waals surface area contributed by atoms with Crippen molar-refractivity contribution < 1.29 is 9.53 Å². The third-order valence-electron chi connectivity index (χ3n) is 2.83. The Labute approximate surface area is 103 Å². The molecule has 0 radical (unpaired) electrons. The average Bonchev–Trinajstić information content (AvgIpc) is 2.38. The molecule has 94 valence electrons. The maximum atomic E-state index is 11.8. The van der Waals surface area contributed by atoms with Crippen molar-refractivity contribution in [3.63, 3.8) is 0 Å². The maximum Gasteiger partial charge on any atom is 0.248 e. The zero-order valence-electron chi connectivity index (χ0n) is 10.8. The minimum atomic E-state index is 0.0230. The van der Waals surface area contributed by atoms with E-state index in [9.17, 15) is 4.79 Å². The highest BCUT2D eigenvalue weighted by atomic mass is 16.5. The number of carbonyl (C=O) groups excluding carboxylic acids is 1. The minimum absolute atomic E-state index is 0.0230. The number of nitrogens with zero attached hydrogens (tertiary/aromatic N) is 1. The topological polar surface area (TPSA) is 29.5 Å². The van der Waals surface area contributed by atoms with E-state index in [0.717, 1.165) is 12.0 Å². The summed E-state index contributed by atoms with van der Waals surface area (Å²) in [5, 5.41) is 0. The van der Waals surface area contributed by atoms with E-state index in [-0.39, 0.29) is 18.6 Å². The van der Waals surface area contributed by atoms with Gasteiger partial charge in [0.25, 0.3) is 0 Å².